The van der Waals surface area contributed by atoms with Gasteiger partial charge in [-0.3, -0.25) is 4.79 Å². The Morgan fingerprint density at radius 1 is 1.56 bits per heavy atom. The predicted octanol–water partition coefficient (Wildman–Crippen LogP) is 1.03. The second kappa shape index (κ2) is 7.09. The van der Waals surface area contributed by atoms with Gasteiger partial charge in [0, 0.05) is 19.7 Å². The molecule has 5 heteroatoms. The third-order valence-corrected chi connectivity index (χ3v) is 3.02. The number of halogens is 1. The van der Waals surface area contributed by atoms with Crippen molar-refractivity contribution in [2.24, 2.45) is 11.7 Å². The van der Waals surface area contributed by atoms with Crippen molar-refractivity contribution >= 4 is 18.3 Å². The summed E-state index contributed by atoms with van der Waals surface area (Å²) in [5.74, 6) is 0.541. The van der Waals surface area contributed by atoms with Crippen molar-refractivity contribution in [3.63, 3.8) is 0 Å². The van der Waals surface area contributed by atoms with E-state index in [-0.39, 0.29) is 18.3 Å². The lowest BCUT2D eigenvalue weighted by Crippen LogP contribution is -2.49. The summed E-state index contributed by atoms with van der Waals surface area (Å²) in [7, 11) is 1.57. The number of hydrogen-bond acceptors (Lipinski definition) is 3. The van der Waals surface area contributed by atoms with E-state index >= 15 is 0 Å². The minimum atomic E-state index is -0.505. The predicted molar refractivity (Wildman–Crippen MR) is 66.7 cm³/mol. The number of nitrogens with two attached hydrogens (primary N) is 1. The largest absolute Gasteiger partial charge is 0.383 e. The van der Waals surface area contributed by atoms with Crippen molar-refractivity contribution in [1.29, 1.82) is 0 Å². The van der Waals surface area contributed by atoms with Crippen molar-refractivity contribution in [1.82, 2.24) is 4.90 Å². The van der Waals surface area contributed by atoms with Crippen LogP contribution in [0.15, 0.2) is 0 Å². The highest BCUT2D eigenvalue weighted by Gasteiger charge is 2.33. The van der Waals surface area contributed by atoms with E-state index in [0.29, 0.717) is 18.6 Å². The van der Waals surface area contributed by atoms with E-state index in [4.69, 9.17) is 10.5 Å². The van der Waals surface area contributed by atoms with E-state index in [1.165, 1.54) is 0 Å². The molecule has 1 amide bonds. The second-order valence-corrected chi connectivity index (χ2v) is 4.55. The first-order chi connectivity index (χ1) is 7.07. The number of hydrogen-bond donors (Lipinski definition) is 1. The van der Waals surface area contributed by atoms with E-state index in [1.807, 2.05) is 4.90 Å². The molecule has 2 N–H and O–H groups in total. The molecule has 1 rings (SSSR count). The summed E-state index contributed by atoms with van der Waals surface area (Å²) < 4.78 is 4.91. The Labute approximate surface area is 104 Å². The van der Waals surface area contributed by atoms with E-state index in [2.05, 4.69) is 13.8 Å². The lowest BCUT2D eigenvalue weighted by Gasteiger charge is -2.29. The molecule has 0 saturated carbocycles. The number of nitrogens with zero attached hydrogens (tertiary/aromatic N) is 1. The molecule has 4 nitrogen and oxygen atoms in total. The van der Waals surface area contributed by atoms with E-state index in [0.717, 1.165) is 19.4 Å². The Morgan fingerprint density at radius 2 is 2.19 bits per heavy atom. The van der Waals surface area contributed by atoms with Gasteiger partial charge in [0.1, 0.15) is 6.04 Å². The normalized spacial score (nSPS) is 22.1. The van der Waals surface area contributed by atoms with E-state index in [1.54, 1.807) is 7.11 Å². The topological polar surface area (TPSA) is 55.6 Å². The zero-order valence-electron chi connectivity index (χ0n) is 10.3. The lowest BCUT2D eigenvalue weighted by molar-refractivity contribution is -0.135. The zero-order valence-corrected chi connectivity index (χ0v) is 11.1. The van der Waals surface area contributed by atoms with Gasteiger partial charge in [-0.2, -0.15) is 0 Å². The number of methoxy groups -OCH3 is 1. The number of carbonyl (C=O) groups excluding carboxylic acids is 1. The fraction of sp³-hybridized carbons (Fsp3) is 0.909. The van der Waals surface area contributed by atoms with Gasteiger partial charge in [-0.15, -0.1) is 12.4 Å². The average molecular weight is 251 g/mol. The van der Waals surface area contributed by atoms with Gasteiger partial charge in [0.05, 0.1) is 6.61 Å². The highest BCUT2D eigenvalue weighted by molar-refractivity contribution is 5.85. The Balaban J connectivity index is 0.00000225. The van der Waals surface area contributed by atoms with Gasteiger partial charge in [0.15, 0.2) is 0 Å². The summed E-state index contributed by atoms with van der Waals surface area (Å²) in [4.78, 5) is 13.9. The van der Waals surface area contributed by atoms with E-state index in [9.17, 15) is 4.79 Å². The standard InChI is InChI=1S/C11H22N2O2.ClH/c1-8(2)10-5-4-6-13(10)11(14)9(12)7-15-3;/h8-10H,4-7,12H2,1-3H3;1H. The van der Waals surface area contributed by atoms with Crippen molar-refractivity contribution in [2.75, 3.05) is 20.3 Å². The van der Waals surface area contributed by atoms with Crippen molar-refractivity contribution in [3.05, 3.63) is 0 Å². The molecule has 1 aliphatic heterocycles. The first kappa shape index (κ1) is 15.7. The quantitative estimate of drug-likeness (QED) is 0.811. The Hall–Kier alpha value is -0.320. The Kier molecular flexibility index (Phi) is 6.95. The molecule has 0 aromatic rings. The molecule has 16 heavy (non-hydrogen) atoms. The van der Waals surface area contributed by atoms with Gasteiger partial charge in [-0.1, -0.05) is 13.8 Å². The maximum absolute atomic E-state index is 12.0. The van der Waals surface area contributed by atoms with Crippen LogP contribution in [0, 0.1) is 5.92 Å². The molecule has 96 valence electrons. The number of ether oxygens (including phenoxy) is 1. The monoisotopic (exact) mass is 250 g/mol. The van der Waals surface area contributed by atoms with Gasteiger partial charge in [0.25, 0.3) is 0 Å². The smallest absolute Gasteiger partial charge is 0.242 e. The lowest BCUT2D eigenvalue weighted by atomic mass is 10.0. The van der Waals surface area contributed by atoms with Crippen LogP contribution < -0.4 is 5.73 Å². The van der Waals surface area contributed by atoms with Crippen LogP contribution in [0.3, 0.4) is 0 Å². The third-order valence-electron chi connectivity index (χ3n) is 3.02. The SMILES string of the molecule is COCC(N)C(=O)N1CCCC1C(C)C.Cl. The zero-order chi connectivity index (χ0) is 11.4. The van der Waals surface area contributed by atoms with Crippen LogP contribution >= 0.6 is 12.4 Å². The summed E-state index contributed by atoms with van der Waals surface area (Å²) >= 11 is 0. The summed E-state index contributed by atoms with van der Waals surface area (Å²) in [6.45, 7) is 5.45. The van der Waals surface area contributed by atoms with Crippen LogP contribution in [-0.4, -0.2) is 43.2 Å². The third kappa shape index (κ3) is 3.61. The molecule has 2 atom stereocenters. The molecule has 1 fully saturated rings. The second-order valence-electron chi connectivity index (χ2n) is 4.55. The van der Waals surface area contributed by atoms with Crippen LogP contribution in [0.4, 0.5) is 0 Å². The van der Waals surface area contributed by atoms with Gasteiger partial charge in [-0.05, 0) is 18.8 Å². The molecule has 0 aromatic heterocycles. The summed E-state index contributed by atoms with van der Waals surface area (Å²) in [6.07, 6.45) is 2.19. The van der Waals surface area contributed by atoms with Crippen molar-refractivity contribution < 1.29 is 9.53 Å². The molecule has 2 unspecified atom stereocenters. The summed E-state index contributed by atoms with van der Waals surface area (Å²) in [6, 6.07) is -0.144. The maximum atomic E-state index is 12.0. The molecule has 1 heterocycles. The number of carbonyl (C=O) groups is 1. The van der Waals surface area contributed by atoms with Crippen LogP contribution in [0.2, 0.25) is 0 Å². The number of amides is 1. The Bertz CT molecular complexity index is 224. The van der Waals surface area contributed by atoms with Crippen LogP contribution in [0.25, 0.3) is 0 Å². The van der Waals surface area contributed by atoms with E-state index < -0.39 is 6.04 Å². The summed E-state index contributed by atoms with van der Waals surface area (Å²) in [5, 5.41) is 0. The molecule has 0 spiro atoms. The number of rotatable bonds is 4. The number of likely N-dealkylation sites (tertiary alicyclic amines) is 1. The molecule has 0 aromatic carbocycles. The molecule has 0 aliphatic carbocycles. The van der Waals surface area contributed by atoms with Crippen molar-refractivity contribution in [3.8, 4) is 0 Å². The molecule has 0 radical (unpaired) electrons. The Morgan fingerprint density at radius 3 is 2.69 bits per heavy atom. The van der Waals surface area contributed by atoms with Crippen LogP contribution in [0.1, 0.15) is 26.7 Å². The molecular weight excluding hydrogens is 228 g/mol. The van der Waals surface area contributed by atoms with Gasteiger partial charge >= 0.3 is 0 Å². The van der Waals surface area contributed by atoms with Gasteiger partial charge in [0.2, 0.25) is 5.91 Å². The van der Waals surface area contributed by atoms with Crippen LogP contribution in [0.5, 0.6) is 0 Å². The first-order valence-corrected chi connectivity index (χ1v) is 5.63. The van der Waals surface area contributed by atoms with Gasteiger partial charge in [-0.25, -0.2) is 0 Å². The summed E-state index contributed by atoms with van der Waals surface area (Å²) in [5.41, 5.74) is 5.75. The van der Waals surface area contributed by atoms with Crippen molar-refractivity contribution in [2.45, 2.75) is 38.8 Å². The fourth-order valence-electron chi connectivity index (χ4n) is 2.22. The fourth-order valence-corrected chi connectivity index (χ4v) is 2.22. The highest BCUT2D eigenvalue weighted by atomic mass is 35.5. The maximum Gasteiger partial charge on any atom is 0.242 e. The molecular formula is C11H23ClN2O2. The molecule has 1 aliphatic rings. The van der Waals surface area contributed by atoms with Crippen LogP contribution in [-0.2, 0) is 9.53 Å². The first-order valence-electron chi connectivity index (χ1n) is 5.63. The minimum Gasteiger partial charge on any atom is -0.383 e. The average Bonchev–Trinajstić information content (AvgIpc) is 2.65. The highest BCUT2D eigenvalue weighted by Crippen LogP contribution is 2.24. The molecule has 1 saturated heterocycles. The minimum absolute atomic E-state index is 0. The van der Waals surface area contributed by atoms with Gasteiger partial charge < -0.3 is 15.4 Å². The molecule has 0 bridgehead atoms.